The predicted molar refractivity (Wildman–Crippen MR) is 36.0 cm³/mol. The lowest BCUT2D eigenvalue weighted by Crippen LogP contribution is -2.06. The van der Waals surface area contributed by atoms with Crippen LogP contribution in [0.3, 0.4) is 0 Å². The van der Waals surface area contributed by atoms with Crippen molar-refractivity contribution in [2.24, 2.45) is 4.99 Å². The standard InChI is InChI=1S/C7H8N2/c1-2-6-7(3-1)9-5-4-8-6/h4,8H,1-3H2. The van der Waals surface area contributed by atoms with Crippen molar-refractivity contribution in [3.05, 3.63) is 17.6 Å². The molecule has 0 aromatic rings. The fourth-order valence-corrected chi connectivity index (χ4v) is 1.24. The zero-order valence-corrected chi connectivity index (χ0v) is 5.15. The van der Waals surface area contributed by atoms with Gasteiger partial charge in [0, 0.05) is 11.6 Å². The highest BCUT2D eigenvalue weighted by molar-refractivity contribution is 5.56. The zero-order chi connectivity index (χ0) is 6.10. The third-order valence-corrected chi connectivity index (χ3v) is 1.70. The van der Waals surface area contributed by atoms with Crippen LogP contribution in [0.15, 0.2) is 22.6 Å². The Morgan fingerprint density at radius 1 is 1.56 bits per heavy atom. The predicted octanol–water partition coefficient (Wildman–Crippen LogP) is 1.17. The van der Waals surface area contributed by atoms with Crippen LogP contribution in [0.5, 0.6) is 0 Å². The summed E-state index contributed by atoms with van der Waals surface area (Å²) in [7, 11) is 0. The van der Waals surface area contributed by atoms with Crippen molar-refractivity contribution in [2.45, 2.75) is 19.3 Å². The van der Waals surface area contributed by atoms with E-state index in [9.17, 15) is 0 Å². The van der Waals surface area contributed by atoms with Gasteiger partial charge in [0.1, 0.15) is 0 Å². The van der Waals surface area contributed by atoms with E-state index >= 15 is 0 Å². The van der Waals surface area contributed by atoms with Gasteiger partial charge in [-0.1, -0.05) is 0 Å². The zero-order valence-electron chi connectivity index (χ0n) is 5.15. The number of rotatable bonds is 0. The van der Waals surface area contributed by atoms with Crippen molar-refractivity contribution in [1.82, 2.24) is 5.32 Å². The van der Waals surface area contributed by atoms with Crippen LogP contribution in [0.1, 0.15) is 19.3 Å². The molecule has 1 aliphatic heterocycles. The van der Waals surface area contributed by atoms with E-state index in [1.54, 1.807) is 6.20 Å². The first-order valence-corrected chi connectivity index (χ1v) is 3.23. The third-order valence-electron chi connectivity index (χ3n) is 1.70. The van der Waals surface area contributed by atoms with Crippen LogP contribution in [0.25, 0.3) is 0 Å². The number of hydrogen-bond acceptors (Lipinski definition) is 2. The molecule has 1 aliphatic carbocycles. The topological polar surface area (TPSA) is 24.4 Å². The summed E-state index contributed by atoms with van der Waals surface area (Å²) in [6.45, 7) is 0. The van der Waals surface area contributed by atoms with Gasteiger partial charge in [0.2, 0.25) is 0 Å². The minimum atomic E-state index is 1.13. The molecular weight excluding hydrogens is 112 g/mol. The lowest BCUT2D eigenvalue weighted by Gasteiger charge is -2.02. The number of nitrogens with one attached hydrogen (secondary N) is 1. The maximum atomic E-state index is 4.10. The molecule has 1 N–H and O–H groups in total. The number of nitrogens with zero attached hydrogens (tertiary/aromatic N) is 1. The van der Waals surface area contributed by atoms with Crippen LogP contribution >= 0.6 is 0 Å². The van der Waals surface area contributed by atoms with E-state index in [4.69, 9.17) is 0 Å². The van der Waals surface area contributed by atoms with Crippen LogP contribution in [-0.4, -0.2) is 5.87 Å². The van der Waals surface area contributed by atoms with Gasteiger partial charge in [-0.2, -0.15) is 0 Å². The molecule has 2 rings (SSSR count). The van der Waals surface area contributed by atoms with E-state index in [2.05, 4.69) is 16.2 Å². The van der Waals surface area contributed by atoms with E-state index in [1.807, 2.05) is 0 Å². The van der Waals surface area contributed by atoms with E-state index in [0.717, 1.165) is 12.8 Å². The minimum absolute atomic E-state index is 1.13. The Hall–Kier alpha value is -1.01. The molecule has 0 aromatic carbocycles. The average molecular weight is 120 g/mol. The summed E-state index contributed by atoms with van der Waals surface area (Å²) >= 11 is 0. The first-order valence-electron chi connectivity index (χ1n) is 3.23. The lowest BCUT2D eigenvalue weighted by atomic mass is 10.3. The maximum Gasteiger partial charge on any atom is 0.0696 e. The smallest absolute Gasteiger partial charge is 0.0696 e. The van der Waals surface area contributed by atoms with Gasteiger partial charge in [0.05, 0.1) is 11.9 Å². The quantitative estimate of drug-likeness (QED) is 0.509. The minimum Gasteiger partial charge on any atom is -0.356 e. The van der Waals surface area contributed by atoms with Crippen molar-refractivity contribution in [1.29, 1.82) is 0 Å². The molecule has 0 fully saturated rings. The summed E-state index contributed by atoms with van der Waals surface area (Å²) < 4.78 is 0. The Labute approximate surface area is 54.0 Å². The second-order valence-corrected chi connectivity index (χ2v) is 2.31. The summed E-state index contributed by atoms with van der Waals surface area (Å²) in [5.74, 6) is 2.79. The molecule has 0 amide bonds. The van der Waals surface area contributed by atoms with Gasteiger partial charge in [-0.15, -0.1) is 0 Å². The fraction of sp³-hybridized carbons (Fsp3) is 0.429. The molecule has 0 bridgehead atoms. The molecule has 0 unspecified atom stereocenters. The Morgan fingerprint density at radius 2 is 2.56 bits per heavy atom. The molecular formula is C7H8N2. The van der Waals surface area contributed by atoms with Crippen molar-refractivity contribution in [2.75, 3.05) is 0 Å². The average Bonchev–Trinajstić information content (AvgIpc) is 2.33. The van der Waals surface area contributed by atoms with Crippen molar-refractivity contribution >= 4 is 5.87 Å². The van der Waals surface area contributed by atoms with Gasteiger partial charge in [0.15, 0.2) is 0 Å². The van der Waals surface area contributed by atoms with E-state index < -0.39 is 0 Å². The molecule has 0 radical (unpaired) electrons. The maximum absolute atomic E-state index is 4.10. The number of allylic oxidation sites excluding steroid dienone is 2. The van der Waals surface area contributed by atoms with Crippen LogP contribution in [0.2, 0.25) is 0 Å². The number of aliphatic imine (C=N–C) groups is 1. The molecule has 46 valence electrons. The summed E-state index contributed by atoms with van der Waals surface area (Å²) in [5, 5.41) is 3.13. The molecule has 2 aliphatic rings. The van der Waals surface area contributed by atoms with Crippen LogP contribution in [0, 0.1) is 0 Å². The van der Waals surface area contributed by atoms with Crippen LogP contribution in [0.4, 0.5) is 0 Å². The Bertz CT molecular complexity index is 219. The molecule has 0 saturated heterocycles. The van der Waals surface area contributed by atoms with E-state index in [1.165, 1.54) is 17.8 Å². The largest absolute Gasteiger partial charge is 0.356 e. The highest BCUT2D eigenvalue weighted by Gasteiger charge is 2.13. The van der Waals surface area contributed by atoms with Gasteiger partial charge in [-0.3, -0.25) is 0 Å². The molecule has 0 atom stereocenters. The molecule has 1 heterocycles. The van der Waals surface area contributed by atoms with E-state index in [0.29, 0.717) is 0 Å². The lowest BCUT2D eigenvalue weighted by molar-refractivity contribution is 0.865. The molecule has 9 heavy (non-hydrogen) atoms. The highest BCUT2D eigenvalue weighted by Crippen LogP contribution is 2.25. The summed E-state index contributed by atoms with van der Waals surface area (Å²) in [6.07, 6.45) is 5.31. The summed E-state index contributed by atoms with van der Waals surface area (Å²) in [4.78, 5) is 4.10. The second-order valence-electron chi connectivity index (χ2n) is 2.31. The third kappa shape index (κ3) is 0.681. The van der Waals surface area contributed by atoms with Gasteiger partial charge in [0.25, 0.3) is 0 Å². The van der Waals surface area contributed by atoms with Gasteiger partial charge in [-0.25, -0.2) is 4.99 Å². The molecule has 0 spiro atoms. The SMILES string of the molecule is C1=CNC2=C(CCC2)N=1. The number of hydrogen-bond donors (Lipinski definition) is 1. The molecule has 2 heteroatoms. The van der Waals surface area contributed by atoms with Gasteiger partial charge >= 0.3 is 0 Å². The first-order chi connectivity index (χ1) is 4.47. The Balaban J connectivity index is 2.37. The Kier molecular flexibility index (Phi) is 0.936. The summed E-state index contributed by atoms with van der Waals surface area (Å²) in [5.41, 5.74) is 2.51. The van der Waals surface area contributed by atoms with Crippen LogP contribution < -0.4 is 5.32 Å². The monoisotopic (exact) mass is 120 g/mol. The van der Waals surface area contributed by atoms with Crippen molar-refractivity contribution in [3.63, 3.8) is 0 Å². The molecule has 2 nitrogen and oxygen atoms in total. The fourth-order valence-electron chi connectivity index (χ4n) is 1.24. The highest BCUT2D eigenvalue weighted by atomic mass is 14.9. The van der Waals surface area contributed by atoms with E-state index in [-0.39, 0.29) is 0 Å². The van der Waals surface area contributed by atoms with Gasteiger partial charge < -0.3 is 5.32 Å². The second kappa shape index (κ2) is 1.74. The van der Waals surface area contributed by atoms with Crippen LogP contribution in [-0.2, 0) is 0 Å². The Morgan fingerprint density at radius 3 is 3.44 bits per heavy atom. The normalized spacial score (nSPS) is 22.2. The first kappa shape index (κ1) is 4.83. The van der Waals surface area contributed by atoms with Crippen molar-refractivity contribution in [3.8, 4) is 0 Å². The molecule has 0 saturated carbocycles. The van der Waals surface area contributed by atoms with Crippen molar-refractivity contribution < 1.29 is 0 Å². The summed E-state index contributed by atoms with van der Waals surface area (Å²) in [6, 6.07) is 0. The van der Waals surface area contributed by atoms with Gasteiger partial charge in [-0.05, 0) is 19.3 Å². The molecule has 0 aromatic heterocycles.